The molecule has 3 rings (SSSR count). The minimum Gasteiger partial charge on any atom is -0.493 e. The molecule has 0 aliphatic rings. The minimum absolute atomic E-state index is 0.162. The van der Waals surface area contributed by atoms with Crippen LogP contribution in [0.1, 0.15) is 5.56 Å². The molecule has 0 unspecified atom stereocenters. The summed E-state index contributed by atoms with van der Waals surface area (Å²) in [4.78, 5) is 26.7. The molecule has 3 aromatic rings. The third-order valence-electron chi connectivity index (χ3n) is 4.00. The normalized spacial score (nSPS) is 10.7. The number of methoxy groups -OCH3 is 2. The number of nitrogens with zero attached hydrogens (tertiary/aromatic N) is 1. The molecule has 0 aliphatic heterocycles. The van der Waals surface area contributed by atoms with Gasteiger partial charge in [0.2, 0.25) is 5.91 Å². The highest BCUT2D eigenvalue weighted by Gasteiger charge is 2.10. The number of amides is 1. The van der Waals surface area contributed by atoms with Gasteiger partial charge in [-0.2, -0.15) is 0 Å². The Kier molecular flexibility index (Phi) is 4.47. The lowest BCUT2D eigenvalue weighted by molar-refractivity contribution is -0.115. The van der Waals surface area contributed by atoms with Gasteiger partial charge in [0.1, 0.15) is 0 Å². The number of hydrogen-bond acceptors (Lipinski definition) is 4. The Labute approximate surface area is 144 Å². The van der Waals surface area contributed by atoms with Gasteiger partial charge in [0.25, 0.3) is 0 Å². The summed E-state index contributed by atoms with van der Waals surface area (Å²) in [5, 5.41) is 2.84. The molecule has 0 aliphatic carbocycles. The second-order valence-corrected chi connectivity index (χ2v) is 5.64. The van der Waals surface area contributed by atoms with Crippen LogP contribution >= 0.6 is 0 Å². The number of benzene rings is 2. The summed E-state index contributed by atoms with van der Waals surface area (Å²) < 4.78 is 12.0. The van der Waals surface area contributed by atoms with Crippen LogP contribution in [0, 0.1) is 0 Å². The fourth-order valence-corrected chi connectivity index (χ4v) is 2.70. The average Bonchev–Trinajstić information content (AvgIpc) is 2.88. The van der Waals surface area contributed by atoms with E-state index in [0.29, 0.717) is 22.7 Å². The number of ether oxygens (including phenoxy) is 2. The van der Waals surface area contributed by atoms with E-state index in [2.05, 4.69) is 10.3 Å². The number of hydrogen-bond donors (Lipinski definition) is 2. The van der Waals surface area contributed by atoms with Crippen LogP contribution in [0.5, 0.6) is 11.5 Å². The lowest BCUT2D eigenvalue weighted by atomic mass is 10.1. The molecule has 25 heavy (non-hydrogen) atoms. The maximum absolute atomic E-state index is 12.3. The third kappa shape index (κ3) is 3.35. The fourth-order valence-electron chi connectivity index (χ4n) is 2.70. The molecule has 0 saturated carbocycles. The van der Waals surface area contributed by atoms with Gasteiger partial charge in [-0.3, -0.25) is 9.36 Å². The lowest BCUT2D eigenvalue weighted by Gasteiger charge is -2.10. The van der Waals surface area contributed by atoms with Crippen molar-refractivity contribution < 1.29 is 14.3 Å². The minimum atomic E-state index is -0.191. The Hall–Kier alpha value is -3.22. The summed E-state index contributed by atoms with van der Waals surface area (Å²) in [5.74, 6) is 1.03. The van der Waals surface area contributed by atoms with Crippen LogP contribution in [0.3, 0.4) is 0 Å². The molecule has 1 heterocycles. The van der Waals surface area contributed by atoms with Crippen molar-refractivity contribution in [2.24, 2.45) is 7.05 Å². The van der Waals surface area contributed by atoms with E-state index < -0.39 is 0 Å². The van der Waals surface area contributed by atoms with E-state index in [1.807, 2.05) is 6.07 Å². The first-order valence-electron chi connectivity index (χ1n) is 7.71. The predicted molar refractivity (Wildman–Crippen MR) is 95.4 cm³/mol. The van der Waals surface area contributed by atoms with Crippen LogP contribution in [0.25, 0.3) is 11.0 Å². The van der Waals surface area contributed by atoms with Crippen molar-refractivity contribution in [3.8, 4) is 11.5 Å². The largest absolute Gasteiger partial charge is 0.493 e. The molecule has 2 aromatic carbocycles. The van der Waals surface area contributed by atoms with Gasteiger partial charge in [0, 0.05) is 12.7 Å². The van der Waals surface area contributed by atoms with Gasteiger partial charge in [-0.05, 0) is 35.9 Å². The standard InChI is InChI=1S/C18H19N3O4/c1-21-14-6-5-12(10-13(14)20-18(21)23)19-17(22)9-11-4-7-15(24-2)16(8-11)25-3/h4-8,10H,9H2,1-3H3,(H,19,22)(H,20,23). The Bertz CT molecular complexity index is 988. The average molecular weight is 341 g/mol. The van der Waals surface area contributed by atoms with Crippen molar-refractivity contribution in [1.82, 2.24) is 9.55 Å². The number of fused-ring (bicyclic) bond motifs is 1. The molecule has 1 amide bonds. The summed E-state index contributed by atoms with van der Waals surface area (Å²) in [6.45, 7) is 0. The molecule has 130 valence electrons. The second-order valence-electron chi connectivity index (χ2n) is 5.64. The first kappa shape index (κ1) is 16.6. The van der Waals surface area contributed by atoms with Crippen LogP contribution in [-0.4, -0.2) is 29.7 Å². The molecule has 7 nitrogen and oxygen atoms in total. The Balaban J connectivity index is 1.75. The number of aromatic amines is 1. The summed E-state index contributed by atoms with van der Waals surface area (Å²) in [6, 6.07) is 10.7. The number of aryl methyl sites for hydroxylation is 1. The Morgan fingerprint density at radius 1 is 1.12 bits per heavy atom. The van der Waals surface area contributed by atoms with Crippen molar-refractivity contribution in [1.29, 1.82) is 0 Å². The van der Waals surface area contributed by atoms with Crippen molar-refractivity contribution in [2.45, 2.75) is 6.42 Å². The number of carbonyl (C=O) groups is 1. The molecule has 0 atom stereocenters. The summed E-state index contributed by atoms with van der Waals surface area (Å²) >= 11 is 0. The molecule has 0 saturated heterocycles. The maximum atomic E-state index is 12.3. The van der Waals surface area contributed by atoms with E-state index in [1.165, 1.54) is 4.57 Å². The second kappa shape index (κ2) is 6.72. The van der Waals surface area contributed by atoms with Crippen LogP contribution in [0.15, 0.2) is 41.2 Å². The fraction of sp³-hybridized carbons (Fsp3) is 0.222. The monoisotopic (exact) mass is 341 g/mol. The molecule has 1 aromatic heterocycles. The van der Waals surface area contributed by atoms with E-state index in [1.54, 1.807) is 51.6 Å². The van der Waals surface area contributed by atoms with E-state index in [9.17, 15) is 9.59 Å². The van der Waals surface area contributed by atoms with E-state index in [0.717, 1.165) is 11.1 Å². The zero-order chi connectivity index (χ0) is 18.0. The Morgan fingerprint density at radius 3 is 2.60 bits per heavy atom. The molecule has 7 heteroatoms. The highest BCUT2D eigenvalue weighted by atomic mass is 16.5. The molecule has 0 spiro atoms. The van der Waals surface area contributed by atoms with E-state index in [-0.39, 0.29) is 18.0 Å². The quantitative estimate of drug-likeness (QED) is 0.744. The van der Waals surface area contributed by atoms with Gasteiger partial charge >= 0.3 is 5.69 Å². The third-order valence-corrected chi connectivity index (χ3v) is 4.00. The summed E-state index contributed by atoms with van der Waals surface area (Å²) in [6.07, 6.45) is 0.198. The summed E-state index contributed by atoms with van der Waals surface area (Å²) in [5.41, 5.74) is 2.70. The number of carbonyl (C=O) groups excluding carboxylic acids is 1. The Morgan fingerprint density at radius 2 is 1.88 bits per heavy atom. The van der Waals surface area contributed by atoms with Gasteiger partial charge in [0.05, 0.1) is 31.7 Å². The van der Waals surface area contributed by atoms with Gasteiger partial charge in [-0.15, -0.1) is 0 Å². The van der Waals surface area contributed by atoms with Crippen LogP contribution in [0.2, 0.25) is 0 Å². The van der Waals surface area contributed by atoms with Crippen molar-refractivity contribution >= 4 is 22.6 Å². The van der Waals surface area contributed by atoms with E-state index >= 15 is 0 Å². The SMILES string of the molecule is COc1ccc(CC(=O)Nc2ccc3c(c2)[nH]c(=O)n3C)cc1OC. The van der Waals surface area contributed by atoms with Crippen LogP contribution < -0.4 is 20.5 Å². The summed E-state index contributed by atoms with van der Waals surface area (Å²) in [7, 11) is 4.81. The number of H-pyrrole nitrogens is 1. The topological polar surface area (TPSA) is 85.4 Å². The predicted octanol–water partition coefficient (Wildman–Crippen LogP) is 2.06. The van der Waals surface area contributed by atoms with Crippen molar-refractivity contribution in [3.63, 3.8) is 0 Å². The number of rotatable bonds is 5. The van der Waals surface area contributed by atoms with Crippen LogP contribution in [-0.2, 0) is 18.3 Å². The van der Waals surface area contributed by atoms with Gasteiger partial charge < -0.3 is 19.8 Å². The number of imidazole rings is 1. The van der Waals surface area contributed by atoms with E-state index in [4.69, 9.17) is 9.47 Å². The maximum Gasteiger partial charge on any atom is 0.326 e. The first-order valence-corrected chi connectivity index (χ1v) is 7.71. The molecule has 0 radical (unpaired) electrons. The highest BCUT2D eigenvalue weighted by molar-refractivity contribution is 5.94. The zero-order valence-electron chi connectivity index (χ0n) is 14.3. The smallest absolute Gasteiger partial charge is 0.326 e. The molecule has 0 bridgehead atoms. The highest BCUT2D eigenvalue weighted by Crippen LogP contribution is 2.27. The number of anilines is 1. The number of aromatic nitrogens is 2. The van der Waals surface area contributed by atoms with Crippen molar-refractivity contribution in [2.75, 3.05) is 19.5 Å². The zero-order valence-corrected chi connectivity index (χ0v) is 14.3. The van der Waals surface area contributed by atoms with Gasteiger partial charge in [0.15, 0.2) is 11.5 Å². The molecular formula is C18H19N3O4. The van der Waals surface area contributed by atoms with Gasteiger partial charge in [-0.1, -0.05) is 6.07 Å². The molecular weight excluding hydrogens is 322 g/mol. The van der Waals surface area contributed by atoms with Crippen LogP contribution in [0.4, 0.5) is 5.69 Å². The lowest BCUT2D eigenvalue weighted by Crippen LogP contribution is -2.14. The first-order chi connectivity index (χ1) is 12.0. The molecule has 0 fully saturated rings. The van der Waals surface area contributed by atoms with Gasteiger partial charge in [-0.25, -0.2) is 4.79 Å². The molecule has 2 N–H and O–H groups in total. The number of nitrogens with one attached hydrogen (secondary N) is 2. The van der Waals surface area contributed by atoms with Crippen molar-refractivity contribution in [3.05, 3.63) is 52.4 Å².